The molecule has 0 radical (unpaired) electrons. The first kappa shape index (κ1) is 26.5. The minimum Gasteiger partial charge on any atom is -0.385 e. The van der Waals surface area contributed by atoms with E-state index in [4.69, 9.17) is 27.1 Å². The number of nitrogens with zero attached hydrogens (tertiary/aromatic N) is 4. The second-order valence-electron chi connectivity index (χ2n) is 10.2. The van der Waals surface area contributed by atoms with Crippen LogP contribution in [0.25, 0.3) is 11.0 Å². The summed E-state index contributed by atoms with van der Waals surface area (Å²) >= 11 is 5.94. The van der Waals surface area contributed by atoms with E-state index in [1.807, 2.05) is 23.1 Å². The van der Waals surface area contributed by atoms with Crippen LogP contribution in [0, 0.1) is 5.92 Å². The average Bonchev–Trinajstić information content (AvgIpc) is 3.50. The van der Waals surface area contributed by atoms with Crippen LogP contribution in [0.3, 0.4) is 0 Å². The predicted molar refractivity (Wildman–Crippen MR) is 148 cm³/mol. The van der Waals surface area contributed by atoms with Crippen LogP contribution in [0.4, 0.5) is 10.5 Å². The number of carbonyl (C=O) groups excluding carboxylic acids is 2. The molecule has 0 spiro atoms. The van der Waals surface area contributed by atoms with E-state index in [1.54, 1.807) is 36.3 Å². The van der Waals surface area contributed by atoms with Gasteiger partial charge >= 0.3 is 6.03 Å². The number of urea groups is 1. The summed E-state index contributed by atoms with van der Waals surface area (Å²) in [5.74, 6) is 0.764. The van der Waals surface area contributed by atoms with Gasteiger partial charge in [-0.15, -0.1) is 0 Å². The molecule has 3 aromatic rings. The molecule has 9 nitrogen and oxygen atoms in total. The third-order valence-electron chi connectivity index (χ3n) is 7.58. The highest BCUT2D eigenvalue weighted by Gasteiger charge is 2.41. The Morgan fingerprint density at radius 1 is 1.11 bits per heavy atom. The Labute approximate surface area is 227 Å². The van der Waals surface area contributed by atoms with Gasteiger partial charge in [0.2, 0.25) is 5.91 Å². The number of nitrogens with two attached hydrogens (primary N) is 1. The molecule has 10 heteroatoms. The average molecular weight is 539 g/mol. The molecule has 0 bridgehead atoms. The lowest BCUT2D eigenvalue weighted by Gasteiger charge is -2.35. The molecule has 2 aliphatic heterocycles. The number of rotatable bonds is 7. The first-order chi connectivity index (χ1) is 18.4. The summed E-state index contributed by atoms with van der Waals surface area (Å²) in [7, 11) is 1.72. The van der Waals surface area contributed by atoms with Crippen molar-refractivity contribution in [2.24, 2.45) is 11.7 Å². The normalized spacial score (nSPS) is 21.7. The topological polar surface area (TPSA) is 106 Å². The van der Waals surface area contributed by atoms with E-state index in [0.29, 0.717) is 43.5 Å². The smallest absolute Gasteiger partial charge is 0.321 e. The van der Waals surface area contributed by atoms with Crippen LogP contribution in [0.2, 0.25) is 5.02 Å². The Bertz CT molecular complexity index is 1280. The molecule has 202 valence electrons. The fraction of sp³-hybridized carbons (Fsp3) is 0.464. The zero-order valence-electron chi connectivity index (χ0n) is 21.7. The van der Waals surface area contributed by atoms with Crippen molar-refractivity contribution in [3.05, 3.63) is 59.4 Å². The maximum absolute atomic E-state index is 13.6. The van der Waals surface area contributed by atoms with Crippen LogP contribution >= 0.6 is 11.6 Å². The summed E-state index contributed by atoms with van der Waals surface area (Å²) in [4.78, 5) is 35.0. The Hall–Kier alpha value is -3.14. The van der Waals surface area contributed by atoms with Gasteiger partial charge in [-0.25, -0.2) is 9.78 Å². The van der Waals surface area contributed by atoms with E-state index < -0.39 is 12.0 Å². The number of aryl methyl sites for hydroxylation is 1. The van der Waals surface area contributed by atoms with Gasteiger partial charge < -0.3 is 30.2 Å². The summed E-state index contributed by atoms with van der Waals surface area (Å²) in [5, 5.41) is 3.47. The van der Waals surface area contributed by atoms with Gasteiger partial charge in [0.15, 0.2) is 0 Å². The number of piperidine rings is 1. The van der Waals surface area contributed by atoms with Gasteiger partial charge in [0.05, 0.1) is 17.0 Å². The second kappa shape index (κ2) is 11.7. The number of carbonyl (C=O) groups is 2. The van der Waals surface area contributed by atoms with Gasteiger partial charge in [0, 0.05) is 69.1 Å². The predicted octanol–water partition coefficient (Wildman–Crippen LogP) is 3.92. The maximum Gasteiger partial charge on any atom is 0.321 e. The Balaban J connectivity index is 1.26. The highest BCUT2D eigenvalue weighted by atomic mass is 35.5. The van der Waals surface area contributed by atoms with Gasteiger partial charge in [-0.05, 0) is 55.7 Å². The standard InChI is InChI=1S/C28H35ClN6O3/c1-38-15-5-14-35-25-8-3-2-7-24(25)32-26(35)19-6-4-13-33(16-19)27(36)22-17-34(18-23(22)30)28(37)31-21-11-9-20(29)10-12-21/h2-3,7-12,19,22-23H,4-6,13-18,30H2,1H3,(H,31,37)/t19-,22-,23-/m1/s1. The number of ether oxygens (including phenoxy) is 1. The van der Waals surface area contributed by atoms with E-state index in [1.165, 1.54) is 0 Å². The zero-order valence-corrected chi connectivity index (χ0v) is 22.4. The number of fused-ring (bicyclic) bond motifs is 1. The van der Waals surface area contributed by atoms with Crippen LogP contribution in [0.15, 0.2) is 48.5 Å². The summed E-state index contributed by atoms with van der Waals surface area (Å²) in [6, 6.07) is 14.4. The highest BCUT2D eigenvalue weighted by Crippen LogP contribution is 2.31. The first-order valence-corrected chi connectivity index (χ1v) is 13.6. The van der Waals surface area contributed by atoms with Crippen molar-refractivity contribution in [2.45, 2.75) is 37.8 Å². The Kier molecular flexibility index (Phi) is 8.16. The molecule has 2 aromatic carbocycles. The zero-order chi connectivity index (χ0) is 26.6. The second-order valence-corrected chi connectivity index (χ2v) is 10.6. The number of nitrogens with one attached hydrogen (secondary N) is 1. The van der Waals surface area contributed by atoms with E-state index in [2.05, 4.69) is 16.0 Å². The highest BCUT2D eigenvalue weighted by molar-refractivity contribution is 6.30. The fourth-order valence-electron chi connectivity index (χ4n) is 5.62. The number of halogens is 1. The summed E-state index contributed by atoms with van der Waals surface area (Å²) in [6.45, 7) is 3.44. The van der Waals surface area contributed by atoms with E-state index in [0.717, 1.165) is 42.7 Å². The molecule has 3 amide bonds. The number of benzene rings is 2. The minimum atomic E-state index is -0.426. The molecular weight excluding hydrogens is 504 g/mol. The SMILES string of the molecule is COCCCn1c([C@@H]2CCCN(C(=O)[C@@H]3CN(C(=O)Nc4ccc(Cl)cc4)C[C@H]3N)C2)nc2ccccc21. The molecule has 0 unspecified atom stereocenters. The molecular formula is C28H35ClN6O3. The van der Waals surface area contributed by atoms with Gasteiger partial charge in [-0.2, -0.15) is 0 Å². The lowest BCUT2D eigenvalue weighted by Crippen LogP contribution is -2.47. The fourth-order valence-corrected chi connectivity index (χ4v) is 5.75. The molecule has 0 saturated carbocycles. The third kappa shape index (κ3) is 5.65. The van der Waals surface area contributed by atoms with Crippen LogP contribution in [-0.2, 0) is 16.1 Å². The molecule has 2 fully saturated rings. The molecule has 3 N–H and O–H groups in total. The molecule has 1 aromatic heterocycles. The Morgan fingerprint density at radius 3 is 2.68 bits per heavy atom. The molecule has 0 aliphatic carbocycles. The number of anilines is 1. The number of methoxy groups -OCH3 is 1. The molecule has 5 rings (SSSR count). The monoisotopic (exact) mass is 538 g/mol. The Morgan fingerprint density at radius 2 is 1.89 bits per heavy atom. The van der Waals surface area contributed by atoms with E-state index in [9.17, 15) is 9.59 Å². The van der Waals surface area contributed by atoms with Gasteiger partial charge in [-0.1, -0.05) is 23.7 Å². The van der Waals surface area contributed by atoms with Crippen molar-refractivity contribution in [3.8, 4) is 0 Å². The number of aromatic nitrogens is 2. The molecule has 3 heterocycles. The number of likely N-dealkylation sites (tertiary alicyclic amines) is 2. The molecule has 38 heavy (non-hydrogen) atoms. The number of hydrogen-bond donors (Lipinski definition) is 2. The van der Waals surface area contributed by atoms with Crippen LogP contribution in [0.1, 0.15) is 31.0 Å². The molecule has 3 atom stereocenters. The molecule has 2 saturated heterocycles. The number of imidazole rings is 1. The van der Waals surface area contributed by atoms with Gasteiger partial charge in [0.25, 0.3) is 0 Å². The lowest BCUT2D eigenvalue weighted by molar-refractivity contribution is -0.136. The van der Waals surface area contributed by atoms with Crippen molar-refractivity contribution in [3.63, 3.8) is 0 Å². The third-order valence-corrected chi connectivity index (χ3v) is 7.83. The van der Waals surface area contributed by atoms with Gasteiger partial charge in [-0.3, -0.25) is 4.79 Å². The van der Waals surface area contributed by atoms with Crippen molar-refractivity contribution in [1.82, 2.24) is 19.4 Å². The maximum atomic E-state index is 13.6. The van der Waals surface area contributed by atoms with Gasteiger partial charge in [0.1, 0.15) is 5.82 Å². The quantitative estimate of drug-likeness (QED) is 0.443. The van der Waals surface area contributed by atoms with E-state index >= 15 is 0 Å². The number of amides is 3. The van der Waals surface area contributed by atoms with Crippen LogP contribution in [0.5, 0.6) is 0 Å². The lowest BCUT2D eigenvalue weighted by atomic mass is 9.94. The first-order valence-electron chi connectivity index (χ1n) is 13.2. The van der Waals surface area contributed by atoms with E-state index in [-0.39, 0.29) is 17.9 Å². The minimum absolute atomic E-state index is 0.0195. The van der Waals surface area contributed by atoms with Crippen molar-refractivity contribution >= 4 is 40.3 Å². The summed E-state index contributed by atoms with van der Waals surface area (Å²) in [6.07, 6.45) is 2.77. The molecule has 2 aliphatic rings. The summed E-state index contributed by atoms with van der Waals surface area (Å²) < 4.78 is 7.57. The largest absolute Gasteiger partial charge is 0.385 e. The van der Waals surface area contributed by atoms with Crippen LogP contribution < -0.4 is 11.1 Å². The van der Waals surface area contributed by atoms with Crippen LogP contribution in [-0.4, -0.2) is 77.2 Å². The van der Waals surface area contributed by atoms with Crippen molar-refractivity contribution in [2.75, 3.05) is 45.2 Å². The summed E-state index contributed by atoms with van der Waals surface area (Å²) in [5.41, 5.74) is 9.14. The number of hydrogen-bond acceptors (Lipinski definition) is 5. The number of para-hydroxylation sites is 2. The van der Waals surface area contributed by atoms with Crippen molar-refractivity contribution < 1.29 is 14.3 Å². The van der Waals surface area contributed by atoms with Crippen molar-refractivity contribution in [1.29, 1.82) is 0 Å².